The van der Waals surface area contributed by atoms with Crippen LogP contribution in [0.4, 0.5) is 0 Å². The Balaban J connectivity index is -0.000000605. The molecule has 0 fully saturated rings. The average molecular weight is 196 g/mol. The van der Waals surface area contributed by atoms with Crippen molar-refractivity contribution in [3.8, 4) is 0 Å². The summed E-state index contributed by atoms with van der Waals surface area (Å²) in [5, 5.41) is 8.23. The maximum atomic E-state index is 10.0. The van der Waals surface area contributed by atoms with Gasteiger partial charge in [-0.3, -0.25) is 0 Å². The van der Waals surface area contributed by atoms with Gasteiger partial charge in [0.2, 0.25) is 0 Å². The molecule has 0 unspecified atom stereocenters. The number of carboxylic acid groups (broad SMARTS) is 1. The van der Waals surface area contributed by atoms with Crippen LogP contribution in [-0.2, 0) is 9.53 Å². The van der Waals surface area contributed by atoms with Gasteiger partial charge in [-0.2, -0.15) is 0 Å². The molecule has 3 nitrogen and oxygen atoms in total. The normalized spacial score (nSPS) is 8.64. The molecule has 0 saturated heterocycles. The van der Waals surface area contributed by atoms with E-state index in [9.17, 15) is 4.79 Å². The molecule has 1 N–H and O–H groups in total. The molecular weight excluding hydrogens is 175 g/mol. The van der Waals surface area contributed by atoms with Crippen molar-refractivity contribution in [1.29, 1.82) is 0 Å². The Kier molecular flexibility index (Phi) is 21.7. The van der Waals surface area contributed by atoms with E-state index in [1.54, 1.807) is 0 Å². The van der Waals surface area contributed by atoms with Crippen molar-refractivity contribution in [2.75, 3.05) is 13.2 Å². The number of hydrogen-bond donors (Lipinski definition) is 1. The summed E-state index contributed by atoms with van der Waals surface area (Å²) in [4.78, 5) is 10.0. The van der Waals surface area contributed by atoms with Gasteiger partial charge in [-0.05, 0) is 6.42 Å². The molecule has 0 aliphatic rings. The summed E-state index contributed by atoms with van der Waals surface area (Å²) in [6.07, 6.45) is 5.85. The van der Waals surface area contributed by atoms with Crippen molar-refractivity contribution in [2.45, 2.75) is 39.0 Å². The summed E-state index contributed by atoms with van der Waals surface area (Å²) >= 11 is 0. The number of unbranched alkanes of at least 4 members (excludes halogenated alkanes) is 4. The molecule has 0 bridgehead atoms. The molecule has 0 aromatic rings. The first-order valence-electron chi connectivity index (χ1n) is 4.57. The number of ether oxygens (including phenoxy) is 1. The van der Waals surface area contributed by atoms with E-state index in [2.05, 4.69) is 6.92 Å². The molecule has 4 heteroatoms. The van der Waals surface area contributed by atoms with Crippen LogP contribution in [0.3, 0.4) is 0 Å². The fourth-order valence-electron chi connectivity index (χ4n) is 0.967. The molecule has 0 radical (unpaired) electrons. The van der Waals surface area contributed by atoms with E-state index in [1.165, 1.54) is 19.3 Å². The predicted octanol–water partition coefficient (Wildman–Crippen LogP) is -0.488. The number of hydrogen-bond acceptors (Lipinski definition) is 2. The first-order valence-corrected chi connectivity index (χ1v) is 4.57. The monoisotopic (exact) mass is 196 g/mol. The van der Waals surface area contributed by atoms with Gasteiger partial charge in [0.15, 0.2) is 0 Å². The Hall–Kier alpha value is 0.0274. The van der Waals surface area contributed by atoms with Crippen LogP contribution in [0, 0.1) is 7.43 Å². The van der Waals surface area contributed by atoms with Crippen LogP contribution < -0.4 is 18.9 Å². The fourth-order valence-corrected chi connectivity index (χ4v) is 0.967. The number of rotatable bonds is 8. The molecule has 0 atom stereocenters. The molecule has 0 aliphatic heterocycles. The van der Waals surface area contributed by atoms with E-state index in [4.69, 9.17) is 9.84 Å². The van der Waals surface area contributed by atoms with Crippen LogP contribution in [0.5, 0.6) is 0 Å². The summed E-state index contributed by atoms with van der Waals surface area (Å²) in [7, 11) is 0. The van der Waals surface area contributed by atoms with Gasteiger partial charge in [-0.25, -0.2) is 4.79 Å². The first kappa shape index (κ1) is 19.6. The maximum Gasteiger partial charge on any atom is 1.00 e. The summed E-state index contributed by atoms with van der Waals surface area (Å²) < 4.78 is 4.88. The van der Waals surface area contributed by atoms with E-state index < -0.39 is 5.97 Å². The summed E-state index contributed by atoms with van der Waals surface area (Å²) in [5.41, 5.74) is 0. The smallest absolute Gasteiger partial charge is 0.480 e. The van der Waals surface area contributed by atoms with Crippen LogP contribution in [0.1, 0.15) is 39.0 Å². The SMILES string of the molecule is CCCCCCCOCC(=O)O.[CH3-].[Li+]. The molecule has 0 rings (SSSR count). The standard InChI is InChI=1S/C9H18O3.CH3.Li/c1-2-3-4-5-6-7-12-8-9(10)11;;/h2-8H2,1H3,(H,10,11);1H3;/q;-1;+1. The number of carboxylic acids is 1. The van der Waals surface area contributed by atoms with E-state index in [0.29, 0.717) is 6.61 Å². The average Bonchev–Trinajstić information content (AvgIpc) is 2.02. The van der Waals surface area contributed by atoms with Crippen LogP contribution in [0.2, 0.25) is 0 Å². The quantitative estimate of drug-likeness (QED) is 0.324. The van der Waals surface area contributed by atoms with Crippen LogP contribution >= 0.6 is 0 Å². The van der Waals surface area contributed by atoms with E-state index in [1.807, 2.05) is 0 Å². The fraction of sp³-hybridized carbons (Fsp3) is 0.800. The molecular formula is C10H21LiO3. The molecule has 80 valence electrons. The second kappa shape index (κ2) is 15.5. The van der Waals surface area contributed by atoms with Gasteiger partial charge >= 0.3 is 24.8 Å². The maximum absolute atomic E-state index is 10.0. The number of aliphatic carboxylic acids is 1. The van der Waals surface area contributed by atoms with Crippen molar-refractivity contribution in [2.24, 2.45) is 0 Å². The van der Waals surface area contributed by atoms with Gasteiger partial charge in [0, 0.05) is 6.61 Å². The van der Waals surface area contributed by atoms with Crippen molar-refractivity contribution in [3.05, 3.63) is 7.43 Å². The minimum absolute atomic E-state index is 0. The summed E-state index contributed by atoms with van der Waals surface area (Å²) in [5.74, 6) is -0.886. The van der Waals surface area contributed by atoms with Gasteiger partial charge in [0.1, 0.15) is 6.61 Å². The second-order valence-electron chi connectivity index (χ2n) is 2.86. The van der Waals surface area contributed by atoms with E-state index in [-0.39, 0.29) is 32.9 Å². The zero-order chi connectivity index (χ0) is 9.23. The third kappa shape index (κ3) is 17.9. The van der Waals surface area contributed by atoms with Crippen LogP contribution in [0.15, 0.2) is 0 Å². The zero-order valence-corrected chi connectivity index (χ0v) is 9.71. The Morgan fingerprint density at radius 3 is 2.29 bits per heavy atom. The van der Waals surface area contributed by atoms with E-state index >= 15 is 0 Å². The Morgan fingerprint density at radius 2 is 1.79 bits per heavy atom. The van der Waals surface area contributed by atoms with Crippen molar-refractivity contribution < 1.29 is 33.5 Å². The summed E-state index contributed by atoms with van der Waals surface area (Å²) in [6, 6.07) is 0. The van der Waals surface area contributed by atoms with Crippen LogP contribution in [-0.4, -0.2) is 24.3 Å². The van der Waals surface area contributed by atoms with E-state index in [0.717, 1.165) is 12.8 Å². The minimum Gasteiger partial charge on any atom is -0.480 e. The molecule has 0 heterocycles. The largest absolute Gasteiger partial charge is 1.00 e. The van der Waals surface area contributed by atoms with Gasteiger partial charge in [-0.1, -0.05) is 32.6 Å². The minimum atomic E-state index is -0.886. The Morgan fingerprint density at radius 1 is 1.21 bits per heavy atom. The topological polar surface area (TPSA) is 46.5 Å². The molecule has 0 spiro atoms. The summed E-state index contributed by atoms with van der Waals surface area (Å²) in [6.45, 7) is 2.59. The molecule has 0 saturated carbocycles. The van der Waals surface area contributed by atoms with Gasteiger partial charge in [0.05, 0.1) is 0 Å². The van der Waals surface area contributed by atoms with Crippen molar-refractivity contribution >= 4 is 5.97 Å². The molecule has 0 amide bonds. The third-order valence-corrected chi connectivity index (χ3v) is 1.62. The van der Waals surface area contributed by atoms with Gasteiger partial charge in [0.25, 0.3) is 0 Å². The molecule has 0 aromatic carbocycles. The second-order valence-corrected chi connectivity index (χ2v) is 2.86. The Labute approximate surface area is 99.4 Å². The molecule has 14 heavy (non-hydrogen) atoms. The zero-order valence-electron chi connectivity index (χ0n) is 9.71. The van der Waals surface area contributed by atoms with Gasteiger partial charge in [-0.15, -0.1) is 0 Å². The van der Waals surface area contributed by atoms with Gasteiger partial charge < -0.3 is 17.3 Å². The molecule has 0 aliphatic carbocycles. The Bertz CT molecular complexity index is 118. The number of carbonyl (C=O) groups is 1. The van der Waals surface area contributed by atoms with Crippen LogP contribution in [0.25, 0.3) is 0 Å². The van der Waals surface area contributed by atoms with Crippen molar-refractivity contribution in [3.63, 3.8) is 0 Å². The van der Waals surface area contributed by atoms with Crippen molar-refractivity contribution in [1.82, 2.24) is 0 Å². The molecule has 0 aromatic heterocycles. The third-order valence-electron chi connectivity index (χ3n) is 1.62. The predicted molar refractivity (Wildman–Crippen MR) is 53.6 cm³/mol. The first-order chi connectivity index (χ1) is 5.77.